The van der Waals surface area contributed by atoms with Crippen molar-refractivity contribution in [3.8, 4) is 6.07 Å². The third-order valence-corrected chi connectivity index (χ3v) is 7.23. The van der Waals surface area contributed by atoms with Crippen LogP contribution in [0.3, 0.4) is 0 Å². The quantitative estimate of drug-likeness (QED) is 0.259. The van der Waals surface area contributed by atoms with Crippen LogP contribution in [0.15, 0.2) is 42.0 Å². The van der Waals surface area contributed by atoms with Crippen molar-refractivity contribution in [3.05, 3.63) is 47.5 Å². The van der Waals surface area contributed by atoms with Gasteiger partial charge in [0.1, 0.15) is 17.7 Å². The number of morpholine rings is 1. The van der Waals surface area contributed by atoms with Crippen LogP contribution in [0.25, 0.3) is 0 Å². The monoisotopic (exact) mass is 540 g/mol. The molecule has 0 aromatic heterocycles. The normalized spacial score (nSPS) is 23.8. The van der Waals surface area contributed by atoms with Crippen molar-refractivity contribution >= 4 is 19.1 Å². The standard InChI is InChI=1S/C28H41BN4O6/c1-20-17-33(18-21(2)38-20)28(3,4)15-23(16-30)26(34)32-13-9-8-12-24(19-32)39-27(35)31-25(29(36)37)14-22-10-6-5-7-11-22/h5-7,10-11,15,20-21,24-25,36-37H,8-9,12-14,17-19H2,1-4H3,(H,31,35)/t20-,21+,24?,25?. The van der Waals surface area contributed by atoms with Gasteiger partial charge in [0.2, 0.25) is 0 Å². The Hall–Kier alpha value is -2.91. The van der Waals surface area contributed by atoms with Crippen molar-refractivity contribution in [3.63, 3.8) is 0 Å². The molecule has 2 heterocycles. The lowest BCUT2D eigenvalue weighted by atomic mass is 9.76. The van der Waals surface area contributed by atoms with Gasteiger partial charge in [-0.25, -0.2) is 4.79 Å². The number of carbonyl (C=O) groups excluding carboxylic acids is 2. The SMILES string of the molecule is C[C@@H]1CN(C(C)(C)C=C(C#N)C(=O)N2CCCCC(OC(=O)NC(Cc3ccccc3)B(O)O)C2)C[C@H](C)O1. The highest BCUT2D eigenvalue weighted by Gasteiger charge is 2.34. The molecule has 3 rings (SSSR count). The predicted octanol–water partition coefficient (Wildman–Crippen LogP) is 2.05. The fraction of sp³-hybridized carbons (Fsp3) is 0.607. The molecule has 0 aliphatic carbocycles. The molecule has 2 aliphatic heterocycles. The molecule has 2 saturated heterocycles. The minimum absolute atomic E-state index is 0.0524. The Morgan fingerprint density at radius 2 is 1.87 bits per heavy atom. The zero-order valence-corrected chi connectivity index (χ0v) is 23.4. The van der Waals surface area contributed by atoms with Gasteiger partial charge in [0, 0.05) is 25.2 Å². The number of rotatable bonds is 8. The van der Waals surface area contributed by atoms with E-state index in [-0.39, 0.29) is 36.7 Å². The van der Waals surface area contributed by atoms with Crippen LogP contribution >= 0.6 is 0 Å². The number of carbonyl (C=O) groups is 2. The van der Waals surface area contributed by atoms with Gasteiger partial charge in [-0.05, 0) is 65.0 Å². The lowest BCUT2D eigenvalue weighted by Gasteiger charge is -2.43. The van der Waals surface area contributed by atoms with Crippen molar-refractivity contribution in [1.29, 1.82) is 5.26 Å². The molecular formula is C28H41BN4O6. The van der Waals surface area contributed by atoms with Gasteiger partial charge in [0.05, 0.1) is 24.7 Å². The molecule has 0 spiro atoms. The zero-order valence-electron chi connectivity index (χ0n) is 23.4. The molecule has 0 radical (unpaired) electrons. The topological polar surface area (TPSA) is 135 Å². The van der Waals surface area contributed by atoms with Crippen molar-refractivity contribution in [2.75, 3.05) is 26.2 Å². The number of alkyl carbamates (subject to hydrolysis) is 1. The molecule has 2 amide bonds. The summed E-state index contributed by atoms with van der Waals surface area (Å²) in [5.74, 6) is -1.34. The number of hydrogen-bond donors (Lipinski definition) is 3. The molecule has 2 fully saturated rings. The van der Waals surface area contributed by atoms with Gasteiger partial charge < -0.3 is 29.7 Å². The van der Waals surface area contributed by atoms with E-state index in [2.05, 4.69) is 16.3 Å². The lowest BCUT2D eigenvalue weighted by Crippen LogP contribution is -2.54. The summed E-state index contributed by atoms with van der Waals surface area (Å²) in [6.45, 7) is 10.0. The number of hydrogen-bond acceptors (Lipinski definition) is 8. The van der Waals surface area contributed by atoms with E-state index in [1.54, 1.807) is 11.0 Å². The van der Waals surface area contributed by atoms with Crippen LogP contribution in [0.4, 0.5) is 4.79 Å². The van der Waals surface area contributed by atoms with E-state index in [1.807, 2.05) is 58.0 Å². The van der Waals surface area contributed by atoms with Gasteiger partial charge in [0.15, 0.2) is 0 Å². The number of nitrogens with one attached hydrogen (secondary N) is 1. The molecule has 1 aromatic carbocycles. The molecule has 1 aromatic rings. The highest BCUT2D eigenvalue weighted by Crippen LogP contribution is 2.25. The molecule has 3 N–H and O–H groups in total. The van der Waals surface area contributed by atoms with Crippen LogP contribution in [0.2, 0.25) is 0 Å². The van der Waals surface area contributed by atoms with Crippen LogP contribution in [-0.4, -0.2) is 94.9 Å². The molecule has 39 heavy (non-hydrogen) atoms. The summed E-state index contributed by atoms with van der Waals surface area (Å²) in [5.41, 5.74) is 0.359. The van der Waals surface area contributed by atoms with Gasteiger partial charge >= 0.3 is 13.2 Å². The number of nitrogens with zero attached hydrogens (tertiary/aromatic N) is 3. The van der Waals surface area contributed by atoms with Gasteiger partial charge in [-0.3, -0.25) is 9.69 Å². The van der Waals surface area contributed by atoms with Crippen LogP contribution in [0, 0.1) is 11.3 Å². The van der Waals surface area contributed by atoms with Gasteiger partial charge in [-0.2, -0.15) is 5.26 Å². The first-order valence-corrected chi connectivity index (χ1v) is 13.7. The van der Waals surface area contributed by atoms with Crippen LogP contribution < -0.4 is 5.32 Å². The molecule has 0 bridgehead atoms. The first-order valence-electron chi connectivity index (χ1n) is 13.7. The van der Waals surface area contributed by atoms with Crippen molar-refractivity contribution in [1.82, 2.24) is 15.1 Å². The van der Waals surface area contributed by atoms with E-state index in [4.69, 9.17) is 9.47 Å². The number of nitriles is 1. The zero-order chi connectivity index (χ0) is 28.6. The second-order valence-electron chi connectivity index (χ2n) is 11.1. The number of ether oxygens (including phenoxy) is 2. The van der Waals surface area contributed by atoms with Gasteiger partial charge in [-0.15, -0.1) is 0 Å². The maximum absolute atomic E-state index is 13.4. The first kappa shape index (κ1) is 30.6. The Balaban J connectivity index is 1.64. The summed E-state index contributed by atoms with van der Waals surface area (Å²) < 4.78 is 11.4. The molecule has 2 aliphatic rings. The first-order chi connectivity index (χ1) is 18.5. The summed E-state index contributed by atoms with van der Waals surface area (Å²) in [4.78, 5) is 29.9. The van der Waals surface area contributed by atoms with Crippen LogP contribution in [0.5, 0.6) is 0 Å². The smallest absolute Gasteiger partial charge is 0.444 e. The minimum atomic E-state index is -1.77. The van der Waals surface area contributed by atoms with Crippen LogP contribution in [-0.2, 0) is 20.7 Å². The van der Waals surface area contributed by atoms with E-state index in [0.717, 1.165) is 18.4 Å². The Morgan fingerprint density at radius 3 is 2.49 bits per heavy atom. The Kier molecular flexibility index (Phi) is 11.0. The summed E-state index contributed by atoms with van der Waals surface area (Å²) in [7, 11) is -1.77. The average molecular weight is 540 g/mol. The summed E-state index contributed by atoms with van der Waals surface area (Å²) >= 11 is 0. The van der Waals surface area contributed by atoms with E-state index in [1.165, 1.54) is 0 Å². The number of benzene rings is 1. The second-order valence-corrected chi connectivity index (χ2v) is 11.1. The summed E-state index contributed by atoms with van der Waals surface area (Å²) in [5, 5.41) is 32.0. The second kappa shape index (κ2) is 13.9. The maximum atomic E-state index is 13.4. The average Bonchev–Trinajstić information content (AvgIpc) is 3.12. The predicted molar refractivity (Wildman–Crippen MR) is 147 cm³/mol. The molecule has 11 heteroatoms. The fourth-order valence-electron chi connectivity index (χ4n) is 5.22. The van der Waals surface area contributed by atoms with Gasteiger partial charge in [-0.1, -0.05) is 30.3 Å². The molecule has 10 nitrogen and oxygen atoms in total. The lowest BCUT2D eigenvalue weighted by molar-refractivity contribution is -0.128. The molecule has 0 saturated carbocycles. The van der Waals surface area contributed by atoms with Crippen molar-refractivity contribution in [2.24, 2.45) is 0 Å². The molecule has 4 atom stereocenters. The van der Waals surface area contributed by atoms with E-state index in [0.29, 0.717) is 26.1 Å². The van der Waals surface area contributed by atoms with Gasteiger partial charge in [0.25, 0.3) is 5.91 Å². The fourth-order valence-corrected chi connectivity index (χ4v) is 5.22. The largest absolute Gasteiger partial charge is 0.475 e. The number of amides is 2. The van der Waals surface area contributed by atoms with E-state index >= 15 is 0 Å². The third kappa shape index (κ3) is 9.07. The summed E-state index contributed by atoms with van der Waals surface area (Å²) in [6, 6.07) is 11.3. The molecule has 212 valence electrons. The van der Waals surface area contributed by atoms with E-state index in [9.17, 15) is 24.9 Å². The minimum Gasteiger partial charge on any atom is -0.444 e. The van der Waals surface area contributed by atoms with Crippen molar-refractivity contribution < 1.29 is 29.1 Å². The Bertz CT molecular complexity index is 1030. The molecular weight excluding hydrogens is 499 g/mol. The Labute approximate surface area is 231 Å². The summed E-state index contributed by atoms with van der Waals surface area (Å²) in [6.07, 6.45) is 2.71. The van der Waals surface area contributed by atoms with Crippen LogP contribution in [0.1, 0.15) is 52.5 Å². The highest BCUT2D eigenvalue weighted by molar-refractivity contribution is 6.43. The van der Waals surface area contributed by atoms with E-state index < -0.39 is 30.8 Å². The maximum Gasteiger partial charge on any atom is 0.475 e. The van der Waals surface area contributed by atoms with Crippen molar-refractivity contribution in [2.45, 2.75) is 83.2 Å². The molecule has 2 unspecified atom stereocenters. The third-order valence-electron chi connectivity index (χ3n) is 7.23. The number of likely N-dealkylation sites (tertiary alicyclic amines) is 1. The highest BCUT2D eigenvalue weighted by atomic mass is 16.6. The Morgan fingerprint density at radius 1 is 1.21 bits per heavy atom.